The molecule has 3 fully saturated rings. The Balaban J connectivity index is 1.23. The topological polar surface area (TPSA) is 129 Å². The first-order valence-electron chi connectivity index (χ1n) is 14.1. The Kier molecular flexibility index (Phi) is 8.28. The summed E-state index contributed by atoms with van der Waals surface area (Å²) in [5.41, 5.74) is 9.57. The third kappa shape index (κ3) is 6.45. The number of carbonyl (C=O) groups excluding carboxylic acids is 1. The van der Waals surface area contributed by atoms with Crippen LogP contribution in [-0.2, 0) is 10.0 Å². The van der Waals surface area contributed by atoms with Gasteiger partial charge in [0.1, 0.15) is 5.82 Å². The van der Waals surface area contributed by atoms with Crippen molar-refractivity contribution >= 4 is 21.7 Å². The van der Waals surface area contributed by atoms with Crippen molar-refractivity contribution in [1.29, 1.82) is 0 Å². The van der Waals surface area contributed by atoms with Gasteiger partial charge in [-0.1, -0.05) is 31.2 Å². The molecule has 5 rings (SSSR count). The van der Waals surface area contributed by atoms with E-state index in [1.54, 1.807) is 10.5 Å². The van der Waals surface area contributed by atoms with Crippen LogP contribution < -0.4 is 11.1 Å². The number of aromatic nitrogens is 1. The van der Waals surface area contributed by atoms with Gasteiger partial charge >= 0.3 is 0 Å². The Morgan fingerprint density at radius 1 is 1.03 bits per heavy atom. The summed E-state index contributed by atoms with van der Waals surface area (Å²) >= 11 is 0. The highest BCUT2D eigenvalue weighted by Gasteiger charge is 2.36. The van der Waals surface area contributed by atoms with Crippen molar-refractivity contribution in [3.8, 4) is 11.1 Å². The summed E-state index contributed by atoms with van der Waals surface area (Å²) in [7, 11) is -3.11. The number of aliphatic hydroxyl groups is 1. The fourth-order valence-electron chi connectivity index (χ4n) is 6.50. The number of hydrogen-bond acceptors (Lipinski definition) is 7. The first kappa shape index (κ1) is 28.0. The maximum absolute atomic E-state index is 13.0. The number of anilines is 1. The van der Waals surface area contributed by atoms with Gasteiger partial charge in [-0.2, -0.15) is 0 Å². The minimum Gasteiger partial charge on any atom is -0.393 e. The van der Waals surface area contributed by atoms with Crippen LogP contribution in [-0.4, -0.2) is 84.2 Å². The lowest BCUT2D eigenvalue weighted by atomic mass is 9.89. The number of nitrogen functional groups attached to an aromatic ring is 1. The number of likely N-dealkylation sites (tertiary alicyclic amines) is 1. The molecule has 1 aliphatic carbocycles. The number of rotatable bonds is 6. The number of piperidine rings is 1. The number of nitrogens with two attached hydrogens (primary N) is 1. The number of nitrogens with one attached hydrogen (secondary N) is 1. The molecule has 1 saturated carbocycles. The van der Waals surface area contributed by atoms with E-state index >= 15 is 0 Å². The van der Waals surface area contributed by atoms with Gasteiger partial charge in [-0.3, -0.25) is 9.69 Å². The fourth-order valence-corrected chi connectivity index (χ4v) is 7.37. The van der Waals surface area contributed by atoms with Gasteiger partial charge in [-0.25, -0.2) is 17.7 Å². The zero-order chi connectivity index (χ0) is 27.7. The molecule has 0 unspecified atom stereocenters. The van der Waals surface area contributed by atoms with E-state index in [0.29, 0.717) is 49.4 Å². The van der Waals surface area contributed by atoms with E-state index in [2.05, 4.69) is 46.4 Å². The number of amides is 1. The lowest BCUT2D eigenvalue weighted by Crippen LogP contribution is -2.45. The van der Waals surface area contributed by atoms with Gasteiger partial charge < -0.3 is 16.2 Å². The average Bonchev–Trinajstić information content (AvgIpc) is 3.31. The van der Waals surface area contributed by atoms with E-state index in [1.165, 1.54) is 11.8 Å². The molecule has 3 aliphatic rings. The van der Waals surface area contributed by atoms with Crippen molar-refractivity contribution in [1.82, 2.24) is 19.5 Å². The number of pyridine rings is 1. The normalized spacial score (nSPS) is 27.5. The number of sulfonamides is 1. The van der Waals surface area contributed by atoms with Gasteiger partial charge in [0.2, 0.25) is 10.0 Å². The molecule has 0 radical (unpaired) electrons. The lowest BCUT2D eigenvalue weighted by molar-refractivity contribution is 0.0868. The van der Waals surface area contributed by atoms with Crippen molar-refractivity contribution in [3.63, 3.8) is 0 Å². The third-order valence-electron chi connectivity index (χ3n) is 8.92. The molecule has 2 aromatic rings. The number of benzene rings is 1. The van der Waals surface area contributed by atoms with Crippen LogP contribution in [0.2, 0.25) is 0 Å². The SMILES string of the molecule is C[C@@H]1CN(C2CCN(S(C)(=O)=O)CC2)C[C@H]1c1ccc(-c2cnc(N)c(C(=O)NC3CCC(O)CC3)c2)cc1. The zero-order valence-corrected chi connectivity index (χ0v) is 23.7. The van der Waals surface area contributed by atoms with Crippen LogP contribution in [0, 0.1) is 5.92 Å². The zero-order valence-electron chi connectivity index (χ0n) is 22.9. The van der Waals surface area contributed by atoms with Crippen molar-refractivity contribution < 1.29 is 18.3 Å². The maximum Gasteiger partial charge on any atom is 0.255 e. The molecule has 2 aliphatic heterocycles. The molecular formula is C29H41N5O4S. The van der Waals surface area contributed by atoms with Crippen LogP contribution in [0.1, 0.15) is 67.3 Å². The van der Waals surface area contributed by atoms with E-state index in [0.717, 1.165) is 49.9 Å². The molecule has 1 aromatic carbocycles. The van der Waals surface area contributed by atoms with E-state index in [4.69, 9.17) is 5.73 Å². The van der Waals surface area contributed by atoms with E-state index < -0.39 is 10.0 Å². The van der Waals surface area contributed by atoms with E-state index in [9.17, 15) is 18.3 Å². The molecule has 9 nitrogen and oxygen atoms in total. The molecule has 10 heteroatoms. The van der Waals surface area contributed by atoms with Gasteiger partial charge in [0.15, 0.2) is 0 Å². The summed E-state index contributed by atoms with van der Waals surface area (Å²) in [6.07, 6.45) is 7.42. The van der Waals surface area contributed by atoms with Crippen molar-refractivity contribution in [3.05, 3.63) is 47.7 Å². The molecule has 0 spiro atoms. The Bertz CT molecular complexity index is 1270. The standard InChI is InChI=1S/C29H41N5O4S/c1-19-17-33(24-11-13-34(14-12-24)39(2,37)38)18-27(19)21-5-3-20(4-6-21)22-15-26(28(30)31-16-22)29(36)32-23-7-9-25(35)10-8-23/h3-6,15-16,19,23-25,27,35H,7-14,17-18H2,1-2H3,(H2,30,31)(H,32,36)/t19-,23?,25?,27-/m1/s1. The van der Waals surface area contributed by atoms with Gasteiger partial charge in [-0.05, 0) is 61.6 Å². The van der Waals surface area contributed by atoms with Gasteiger partial charge in [0, 0.05) is 55.9 Å². The maximum atomic E-state index is 13.0. The van der Waals surface area contributed by atoms with Crippen LogP contribution in [0.3, 0.4) is 0 Å². The summed E-state index contributed by atoms with van der Waals surface area (Å²) in [6.45, 7) is 5.51. The van der Waals surface area contributed by atoms with Crippen molar-refractivity contribution in [2.75, 3.05) is 38.2 Å². The van der Waals surface area contributed by atoms with Crippen LogP contribution in [0.25, 0.3) is 11.1 Å². The third-order valence-corrected chi connectivity index (χ3v) is 10.2. The Labute approximate surface area is 231 Å². The number of aliphatic hydroxyl groups excluding tert-OH is 1. The Hall–Kier alpha value is -2.53. The number of nitrogens with zero attached hydrogens (tertiary/aromatic N) is 3. The fraction of sp³-hybridized carbons (Fsp3) is 0.586. The largest absolute Gasteiger partial charge is 0.393 e. The molecular weight excluding hydrogens is 514 g/mol. The predicted octanol–water partition coefficient (Wildman–Crippen LogP) is 2.82. The van der Waals surface area contributed by atoms with Gasteiger partial charge in [0.05, 0.1) is 17.9 Å². The Morgan fingerprint density at radius 3 is 2.33 bits per heavy atom. The predicted molar refractivity (Wildman–Crippen MR) is 153 cm³/mol. The van der Waals surface area contributed by atoms with Crippen LogP contribution in [0.5, 0.6) is 0 Å². The molecule has 2 saturated heterocycles. The summed E-state index contributed by atoms with van der Waals surface area (Å²) in [6, 6.07) is 10.8. The molecule has 1 aromatic heterocycles. The van der Waals surface area contributed by atoms with Crippen LogP contribution in [0.4, 0.5) is 5.82 Å². The van der Waals surface area contributed by atoms with Crippen LogP contribution >= 0.6 is 0 Å². The first-order chi connectivity index (χ1) is 18.6. The highest BCUT2D eigenvalue weighted by Crippen LogP contribution is 2.36. The molecule has 212 valence electrons. The summed E-state index contributed by atoms with van der Waals surface area (Å²) < 4.78 is 25.3. The molecule has 0 bridgehead atoms. The molecule has 3 heterocycles. The highest BCUT2D eigenvalue weighted by molar-refractivity contribution is 7.88. The first-order valence-corrected chi connectivity index (χ1v) is 16.0. The summed E-state index contributed by atoms with van der Waals surface area (Å²) in [4.78, 5) is 19.8. The summed E-state index contributed by atoms with van der Waals surface area (Å²) in [5.74, 6) is 0.929. The van der Waals surface area contributed by atoms with Crippen LogP contribution in [0.15, 0.2) is 36.5 Å². The number of carbonyl (C=O) groups is 1. The van der Waals surface area contributed by atoms with Crippen molar-refractivity contribution in [2.45, 2.75) is 69.6 Å². The minimum absolute atomic E-state index is 0.0448. The highest BCUT2D eigenvalue weighted by atomic mass is 32.2. The second-order valence-electron chi connectivity index (χ2n) is 11.7. The average molecular weight is 556 g/mol. The van der Waals surface area contributed by atoms with E-state index in [-0.39, 0.29) is 23.9 Å². The number of hydrogen-bond donors (Lipinski definition) is 3. The van der Waals surface area contributed by atoms with Crippen molar-refractivity contribution in [2.24, 2.45) is 5.92 Å². The molecule has 2 atom stereocenters. The smallest absolute Gasteiger partial charge is 0.255 e. The second kappa shape index (κ2) is 11.5. The lowest BCUT2D eigenvalue weighted by Gasteiger charge is -2.35. The van der Waals surface area contributed by atoms with Gasteiger partial charge in [-0.15, -0.1) is 0 Å². The second-order valence-corrected chi connectivity index (χ2v) is 13.7. The molecule has 39 heavy (non-hydrogen) atoms. The van der Waals surface area contributed by atoms with E-state index in [1.807, 2.05) is 6.07 Å². The Morgan fingerprint density at radius 2 is 1.69 bits per heavy atom. The molecule has 4 N–H and O–H groups in total. The minimum atomic E-state index is -3.11. The quantitative estimate of drug-likeness (QED) is 0.500. The summed E-state index contributed by atoms with van der Waals surface area (Å²) in [5, 5.41) is 12.8. The molecule has 1 amide bonds. The monoisotopic (exact) mass is 555 g/mol. The van der Waals surface area contributed by atoms with Gasteiger partial charge in [0.25, 0.3) is 5.91 Å².